The van der Waals surface area contributed by atoms with Crippen LogP contribution in [0.4, 0.5) is 0 Å². The third-order valence-electron chi connectivity index (χ3n) is 5.70. The van der Waals surface area contributed by atoms with E-state index in [0.717, 1.165) is 54.4 Å². The molecular weight excluding hydrogens is 358 g/mol. The highest BCUT2D eigenvalue weighted by Gasteiger charge is 2.29. The SMILES string of the molecule is COc1ccc(-c2nnc(S[C@@H]3CCCCC3=O)n2C2CCCCC2)cc1. The van der Waals surface area contributed by atoms with Crippen molar-refractivity contribution in [1.29, 1.82) is 0 Å². The molecule has 0 N–H and O–H groups in total. The fourth-order valence-electron chi connectivity index (χ4n) is 4.17. The standard InChI is InChI=1S/C21H27N3O2S/c1-26-17-13-11-15(12-14-17)20-22-23-21(24(20)16-7-3-2-4-8-16)27-19-10-6-5-9-18(19)25/h11-14,16,19H,2-10H2,1H3/t19-/m1/s1. The van der Waals surface area contributed by atoms with Gasteiger partial charge in [-0.15, -0.1) is 10.2 Å². The number of nitrogens with zero attached hydrogens (tertiary/aromatic N) is 3. The molecule has 0 bridgehead atoms. The summed E-state index contributed by atoms with van der Waals surface area (Å²) in [6, 6.07) is 8.44. The van der Waals surface area contributed by atoms with Crippen LogP contribution >= 0.6 is 11.8 Å². The zero-order chi connectivity index (χ0) is 18.6. The molecule has 1 aromatic heterocycles. The molecule has 1 aromatic carbocycles. The predicted octanol–water partition coefficient (Wildman–Crippen LogP) is 5.06. The second-order valence-corrected chi connectivity index (χ2v) is 8.68. The lowest BCUT2D eigenvalue weighted by Crippen LogP contribution is -2.23. The number of benzene rings is 1. The van der Waals surface area contributed by atoms with E-state index in [2.05, 4.69) is 14.8 Å². The van der Waals surface area contributed by atoms with Gasteiger partial charge in [-0.1, -0.05) is 37.4 Å². The Kier molecular flexibility index (Phi) is 5.81. The Morgan fingerprint density at radius 1 is 1.00 bits per heavy atom. The van der Waals surface area contributed by atoms with Gasteiger partial charge in [0.05, 0.1) is 12.4 Å². The first-order valence-corrected chi connectivity index (χ1v) is 10.9. The Hall–Kier alpha value is -1.82. The zero-order valence-corrected chi connectivity index (χ0v) is 16.7. The summed E-state index contributed by atoms with van der Waals surface area (Å²) in [6.45, 7) is 0. The summed E-state index contributed by atoms with van der Waals surface area (Å²) in [5.74, 6) is 2.12. The van der Waals surface area contributed by atoms with E-state index >= 15 is 0 Å². The summed E-state index contributed by atoms with van der Waals surface area (Å²) in [4.78, 5) is 12.3. The van der Waals surface area contributed by atoms with Crippen LogP contribution in [0.25, 0.3) is 11.4 Å². The minimum atomic E-state index is 0.0361. The topological polar surface area (TPSA) is 57.0 Å². The fraction of sp³-hybridized carbons (Fsp3) is 0.571. The van der Waals surface area contributed by atoms with Gasteiger partial charge in [0.1, 0.15) is 11.5 Å². The average Bonchev–Trinajstić information content (AvgIpc) is 3.14. The van der Waals surface area contributed by atoms with Crippen molar-refractivity contribution in [1.82, 2.24) is 14.8 Å². The van der Waals surface area contributed by atoms with E-state index < -0.39 is 0 Å². The quantitative estimate of drug-likeness (QED) is 0.720. The van der Waals surface area contributed by atoms with Crippen LogP contribution in [-0.4, -0.2) is 32.9 Å². The van der Waals surface area contributed by atoms with Gasteiger partial charge in [0.2, 0.25) is 0 Å². The Balaban J connectivity index is 1.67. The van der Waals surface area contributed by atoms with Crippen molar-refractivity contribution in [2.24, 2.45) is 0 Å². The smallest absolute Gasteiger partial charge is 0.192 e. The number of hydrogen-bond donors (Lipinski definition) is 0. The number of Topliss-reactive ketones (excluding diaryl/α,β-unsaturated/α-hetero) is 1. The van der Waals surface area contributed by atoms with Crippen LogP contribution in [0.3, 0.4) is 0 Å². The zero-order valence-electron chi connectivity index (χ0n) is 15.9. The number of thioether (sulfide) groups is 1. The maximum atomic E-state index is 12.3. The maximum absolute atomic E-state index is 12.3. The van der Waals surface area contributed by atoms with Crippen LogP contribution in [-0.2, 0) is 4.79 Å². The molecule has 1 heterocycles. The van der Waals surface area contributed by atoms with Crippen LogP contribution in [0.1, 0.15) is 63.8 Å². The summed E-state index contributed by atoms with van der Waals surface area (Å²) in [6.07, 6.45) is 9.95. The molecule has 0 unspecified atom stereocenters. The number of carbonyl (C=O) groups is 1. The Morgan fingerprint density at radius 3 is 2.44 bits per heavy atom. The van der Waals surface area contributed by atoms with Gasteiger partial charge in [-0.3, -0.25) is 9.36 Å². The molecule has 2 fully saturated rings. The fourth-order valence-corrected chi connectivity index (χ4v) is 5.39. The normalized spacial score (nSPS) is 21.4. The second-order valence-electron chi connectivity index (χ2n) is 7.52. The molecular formula is C21H27N3O2S. The number of ether oxygens (including phenoxy) is 1. The molecule has 1 atom stereocenters. The van der Waals surface area contributed by atoms with Crippen molar-refractivity contribution in [3.05, 3.63) is 24.3 Å². The van der Waals surface area contributed by atoms with Gasteiger partial charge < -0.3 is 4.74 Å². The van der Waals surface area contributed by atoms with E-state index in [1.807, 2.05) is 24.3 Å². The number of rotatable bonds is 5. The minimum Gasteiger partial charge on any atom is -0.497 e. The van der Waals surface area contributed by atoms with Gasteiger partial charge in [0.15, 0.2) is 11.0 Å². The van der Waals surface area contributed by atoms with Crippen molar-refractivity contribution in [3.63, 3.8) is 0 Å². The molecule has 2 saturated carbocycles. The van der Waals surface area contributed by atoms with Gasteiger partial charge in [-0.05, 0) is 49.9 Å². The molecule has 2 aliphatic rings. The number of hydrogen-bond acceptors (Lipinski definition) is 5. The van der Waals surface area contributed by atoms with Crippen LogP contribution < -0.4 is 4.74 Å². The molecule has 0 radical (unpaired) electrons. The van der Waals surface area contributed by atoms with Crippen molar-refractivity contribution < 1.29 is 9.53 Å². The molecule has 0 spiro atoms. The number of methoxy groups -OCH3 is 1. The van der Waals surface area contributed by atoms with Crippen LogP contribution in [0.5, 0.6) is 5.75 Å². The predicted molar refractivity (Wildman–Crippen MR) is 107 cm³/mol. The highest BCUT2D eigenvalue weighted by molar-refractivity contribution is 8.00. The summed E-state index contributed by atoms with van der Waals surface area (Å²) in [5.41, 5.74) is 1.05. The van der Waals surface area contributed by atoms with Gasteiger partial charge >= 0.3 is 0 Å². The van der Waals surface area contributed by atoms with E-state index in [1.54, 1.807) is 18.9 Å². The van der Waals surface area contributed by atoms with Crippen molar-refractivity contribution in [3.8, 4) is 17.1 Å². The lowest BCUT2D eigenvalue weighted by atomic mass is 9.95. The summed E-state index contributed by atoms with van der Waals surface area (Å²) in [7, 11) is 1.68. The largest absolute Gasteiger partial charge is 0.497 e. The first-order valence-electron chi connectivity index (χ1n) is 10.0. The van der Waals surface area contributed by atoms with Crippen LogP contribution in [0.15, 0.2) is 29.4 Å². The monoisotopic (exact) mass is 385 g/mol. The van der Waals surface area contributed by atoms with Gasteiger partial charge in [0, 0.05) is 18.0 Å². The molecule has 0 amide bonds. The van der Waals surface area contributed by atoms with Gasteiger partial charge in [-0.2, -0.15) is 0 Å². The molecule has 4 rings (SSSR count). The lowest BCUT2D eigenvalue weighted by Gasteiger charge is -2.27. The van der Waals surface area contributed by atoms with Crippen LogP contribution in [0.2, 0.25) is 0 Å². The summed E-state index contributed by atoms with van der Waals surface area (Å²) in [5, 5.41) is 10.0. The van der Waals surface area contributed by atoms with E-state index in [0.29, 0.717) is 18.2 Å². The highest BCUT2D eigenvalue weighted by atomic mass is 32.2. The summed E-state index contributed by atoms with van der Waals surface area (Å²) < 4.78 is 7.60. The molecule has 27 heavy (non-hydrogen) atoms. The maximum Gasteiger partial charge on any atom is 0.192 e. The first-order chi connectivity index (χ1) is 13.3. The molecule has 0 aliphatic heterocycles. The Labute approximate surface area is 164 Å². The molecule has 2 aliphatic carbocycles. The number of ketones is 1. The molecule has 5 nitrogen and oxygen atoms in total. The highest BCUT2D eigenvalue weighted by Crippen LogP contribution is 2.38. The average molecular weight is 386 g/mol. The molecule has 6 heteroatoms. The Bertz CT molecular complexity index is 781. The Morgan fingerprint density at radius 2 is 1.74 bits per heavy atom. The van der Waals surface area contributed by atoms with Crippen molar-refractivity contribution in [2.75, 3.05) is 7.11 Å². The molecule has 0 saturated heterocycles. The molecule has 144 valence electrons. The lowest BCUT2D eigenvalue weighted by molar-refractivity contribution is -0.119. The minimum absolute atomic E-state index is 0.0361. The van der Waals surface area contributed by atoms with Crippen molar-refractivity contribution in [2.45, 2.75) is 74.2 Å². The third-order valence-corrected chi connectivity index (χ3v) is 6.97. The third kappa shape index (κ3) is 4.05. The van der Waals surface area contributed by atoms with Crippen molar-refractivity contribution >= 4 is 17.5 Å². The molecule has 2 aromatic rings. The number of aromatic nitrogens is 3. The first kappa shape index (κ1) is 18.5. The second kappa shape index (κ2) is 8.46. The number of carbonyl (C=O) groups excluding carboxylic acids is 1. The van der Waals surface area contributed by atoms with E-state index in [-0.39, 0.29) is 5.25 Å². The van der Waals surface area contributed by atoms with E-state index in [1.165, 1.54) is 19.3 Å². The van der Waals surface area contributed by atoms with Gasteiger partial charge in [-0.25, -0.2) is 0 Å². The summed E-state index contributed by atoms with van der Waals surface area (Å²) >= 11 is 1.63. The van der Waals surface area contributed by atoms with Gasteiger partial charge in [0.25, 0.3) is 0 Å². The van der Waals surface area contributed by atoms with E-state index in [4.69, 9.17) is 4.74 Å². The van der Waals surface area contributed by atoms with Crippen LogP contribution in [0, 0.1) is 0 Å². The van der Waals surface area contributed by atoms with E-state index in [9.17, 15) is 4.79 Å².